The summed E-state index contributed by atoms with van der Waals surface area (Å²) in [6.07, 6.45) is 3.27. The highest BCUT2D eigenvalue weighted by atomic mass is 16.4. The monoisotopic (exact) mass is 285 g/mol. The smallest absolute Gasteiger partial charge is 0.315 e. The summed E-state index contributed by atoms with van der Waals surface area (Å²) in [6.45, 7) is 3.36. The number of hydrogen-bond acceptors (Lipinski definition) is 3. The van der Waals surface area contributed by atoms with Gasteiger partial charge in [-0.25, -0.2) is 4.79 Å². The first kappa shape index (κ1) is 16.3. The number of aliphatic carboxylic acids is 1. The van der Waals surface area contributed by atoms with Crippen molar-refractivity contribution in [2.75, 3.05) is 19.6 Å². The largest absolute Gasteiger partial charge is 0.481 e. The lowest BCUT2D eigenvalue weighted by Crippen LogP contribution is -2.45. The van der Waals surface area contributed by atoms with E-state index in [-0.39, 0.29) is 30.9 Å². The molecule has 1 aliphatic heterocycles. The molecule has 0 saturated carbocycles. The van der Waals surface area contributed by atoms with E-state index < -0.39 is 5.97 Å². The predicted octanol–water partition coefficient (Wildman–Crippen LogP) is 0.551. The molecule has 1 aliphatic rings. The number of amides is 3. The molecule has 7 nitrogen and oxygen atoms in total. The van der Waals surface area contributed by atoms with Crippen LogP contribution in [0.15, 0.2) is 0 Å². The maximum Gasteiger partial charge on any atom is 0.315 e. The predicted molar refractivity (Wildman–Crippen MR) is 73.3 cm³/mol. The van der Waals surface area contributed by atoms with Gasteiger partial charge in [0.25, 0.3) is 0 Å². The summed E-state index contributed by atoms with van der Waals surface area (Å²) in [6, 6.07) is -0.503. The average molecular weight is 285 g/mol. The molecule has 7 heteroatoms. The zero-order valence-electron chi connectivity index (χ0n) is 11.9. The Balaban J connectivity index is 2.12. The van der Waals surface area contributed by atoms with Crippen LogP contribution in [-0.4, -0.2) is 53.6 Å². The fourth-order valence-corrected chi connectivity index (χ4v) is 2.14. The summed E-state index contributed by atoms with van der Waals surface area (Å²) < 4.78 is 0. The van der Waals surface area contributed by atoms with Crippen molar-refractivity contribution < 1.29 is 19.5 Å². The molecule has 20 heavy (non-hydrogen) atoms. The lowest BCUT2D eigenvalue weighted by atomic mass is 10.1. The van der Waals surface area contributed by atoms with Gasteiger partial charge in [-0.1, -0.05) is 0 Å². The SMILES string of the molecule is CC(CCCC(=O)O)NC(=O)NCC(=O)N1CCCC1. The topological polar surface area (TPSA) is 98.7 Å². The lowest BCUT2D eigenvalue weighted by Gasteiger charge is -2.17. The number of urea groups is 1. The van der Waals surface area contributed by atoms with E-state index in [1.807, 2.05) is 6.92 Å². The average Bonchev–Trinajstić information content (AvgIpc) is 2.89. The van der Waals surface area contributed by atoms with E-state index in [9.17, 15) is 14.4 Å². The second-order valence-corrected chi connectivity index (χ2v) is 5.10. The second kappa shape index (κ2) is 8.39. The number of nitrogens with zero attached hydrogens (tertiary/aromatic N) is 1. The Hall–Kier alpha value is -1.79. The Labute approximate surface area is 118 Å². The van der Waals surface area contributed by atoms with Crippen LogP contribution in [0.5, 0.6) is 0 Å². The van der Waals surface area contributed by atoms with Crippen molar-refractivity contribution in [3.05, 3.63) is 0 Å². The maximum atomic E-state index is 11.7. The van der Waals surface area contributed by atoms with Crippen molar-refractivity contribution in [1.29, 1.82) is 0 Å². The van der Waals surface area contributed by atoms with E-state index in [4.69, 9.17) is 5.11 Å². The first-order valence-corrected chi connectivity index (χ1v) is 7.03. The van der Waals surface area contributed by atoms with Gasteiger partial charge in [-0.3, -0.25) is 9.59 Å². The third-order valence-corrected chi connectivity index (χ3v) is 3.26. The highest BCUT2D eigenvalue weighted by Gasteiger charge is 2.18. The van der Waals surface area contributed by atoms with Gasteiger partial charge in [-0.05, 0) is 32.6 Å². The van der Waals surface area contributed by atoms with Crippen LogP contribution in [0.2, 0.25) is 0 Å². The molecule has 0 radical (unpaired) electrons. The highest BCUT2D eigenvalue weighted by Crippen LogP contribution is 2.06. The van der Waals surface area contributed by atoms with Gasteiger partial charge in [0, 0.05) is 25.6 Å². The first-order chi connectivity index (χ1) is 9.49. The summed E-state index contributed by atoms with van der Waals surface area (Å²) in [5, 5.41) is 13.7. The highest BCUT2D eigenvalue weighted by molar-refractivity contribution is 5.84. The van der Waals surface area contributed by atoms with Gasteiger partial charge < -0.3 is 20.6 Å². The molecule has 1 atom stereocenters. The number of rotatable bonds is 7. The molecule has 1 rings (SSSR count). The van der Waals surface area contributed by atoms with Gasteiger partial charge in [-0.2, -0.15) is 0 Å². The van der Waals surface area contributed by atoms with Gasteiger partial charge in [0.1, 0.15) is 0 Å². The number of hydrogen-bond donors (Lipinski definition) is 3. The number of likely N-dealkylation sites (tertiary alicyclic amines) is 1. The number of carbonyl (C=O) groups excluding carboxylic acids is 2. The van der Waals surface area contributed by atoms with Crippen LogP contribution in [0.4, 0.5) is 4.79 Å². The molecule has 114 valence electrons. The van der Waals surface area contributed by atoms with Crippen molar-refractivity contribution in [3.8, 4) is 0 Å². The quantitative estimate of drug-likeness (QED) is 0.636. The molecule has 0 bridgehead atoms. The Morgan fingerprint density at radius 3 is 2.50 bits per heavy atom. The minimum Gasteiger partial charge on any atom is -0.481 e. The van der Waals surface area contributed by atoms with Crippen LogP contribution in [-0.2, 0) is 9.59 Å². The van der Waals surface area contributed by atoms with Gasteiger partial charge in [0.15, 0.2) is 0 Å². The van der Waals surface area contributed by atoms with Gasteiger partial charge >= 0.3 is 12.0 Å². The molecule has 0 aromatic heterocycles. The molecule has 0 aromatic carbocycles. The van der Waals surface area contributed by atoms with E-state index in [0.717, 1.165) is 25.9 Å². The van der Waals surface area contributed by atoms with Crippen molar-refractivity contribution >= 4 is 17.9 Å². The molecule has 1 saturated heterocycles. The van der Waals surface area contributed by atoms with Crippen molar-refractivity contribution in [1.82, 2.24) is 15.5 Å². The molecule has 1 heterocycles. The fraction of sp³-hybridized carbons (Fsp3) is 0.769. The first-order valence-electron chi connectivity index (χ1n) is 7.03. The fourth-order valence-electron chi connectivity index (χ4n) is 2.14. The molecule has 3 amide bonds. The number of carbonyl (C=O) groups is 3. The van der Waals surface area contributed by atoms with Gasteiger partial charge in [0.05, 0.1) is 6.54 Å². The van der Waals surface area contributed by atoms with Gasteiger partial charge in [0.2, 0.25) is 5.91 Å². The van der Waals surface area contributed by atoms with Crippen LogP contribution < -0.4 is 10.6 Å². The standard InChI is InChI=1S/C13H23N3O4/c1-10(5-4-6-12(18)19)15-13(20)14-9-11(17)16-7-2-3-8-16/h10H,2-9H2,1H3,(H,18,19)(H2,14,15,20). The second-order valence-electron chi connectivity index (χ2n) is 5.10. The van der Waals surface area contributed by atoms with Crippen LogP contribution >= 0.6 is 0 Å². The Bertz CT molecular complexity index is 354. The minimum atomic E-state index is -0.835. The van der Waals surface area contributed by atoms with E-state index in [2.05, 4.69) is 10.6 Å². The maximum absolute atomic E-state index is 11.7. The lowest BCUT2D eigenvalue weighted by molar-refractivity contribution is -0.137. The molecular formula is C13H23N3O4. The summed E-state index contributed by atoms with van der Waals surface area (Å²) in [7, 11) is 0. The minimum absolute atomic E-state index is 0.00762. The zero-order chi connectivity index (χ0) is 15.0. The Kier molecular flexibility index (Phi) is 6.83. The third-order valence-electron chi connectivity index (χ3n) is 3.26. The number of carboxylic acid groups (broad SMARTS) is 1. The van der Waals surface area contributed by atoms with Crippen molar-refractivity contribution in [2.45, 2.75) is 45.1 Å². The summed E-state index contributed by atoms with van der Waals surface area (Å²) in [5.41, 5.74) is 0. The van der Waals surface area contributed by atoms with Crippen LogP contribution in [0.3, 0.4) is 0 Å². The molecule has 1 fully saturated rings. The summed E-state index contributed by atoms with van der Waals surface area (Å²) >= 11 is 0. The van der Waals surface area contributed by atoms with Crippen LogP contribution in [0, 0.1) is 0 Å². The van der Waals surface area contributed by atoms with Crippen LogP contribution in [0.1, 0.15) is 39.0 Å². The van der Waals surface area contributed by atoms with Crippen molar-refractivity contribution in [2.24, 2.45) is 0 Å². The molecule has 1 unspecified atom stereocenters. The van der Waals surface area contributed by atoms with E-state index in [1.54, 1.807) is 4.90 Å². The summed E-state index contributed by atoms with van der Waals surface area (Å²) in [4.78, 5) is 35.4. The van der Waals surface area contributed by atoms with E-state index in [1.165, 1.54) is 0 Å². The third kappa shape index (κ3) is 6.40. The molecular weight excluding hydrogens is 262 g/mol. The van der Waals surface area contributed by atoms with E-state index in [0.29, 0.717) is 12.8 Å². The Morgan fingerprint density at radius 2 is 1.90 bits per heavy atom. The molecule has 0 aliphatic carbocycles. The van der Waals surface area contributed by atoms with Gasteiger partial charge in [-0.15, -0.1) is 0 Å². The van der Waals surface area contributed by atoms with Crippen molar-refractivity contribution in [3.63, 3.8) is 0 Å². The number of carboxylic acids is 1. The zero-order valence-corrected chi connectivity index (χ0v) is 11.9. The molecule has 3 N–H and O–H groups in total. The van der Waals surface area contributed by atoms with E-state index >= 15 is 0 Å². The Morgan fingerprint density at radius 1 is 1.25 bits per heavy atom. The normalized spacial score (nSPS) is 15.8. The number of nitrogens with one attached hydrogen (secondary N) is 2. The summed E-state index contributed by atoms with van der Waals surface area (Å²) in [5.74, 6) is -0.894. The van der Waals surface area contributed by atoms with Crippen LogP contribution in [0.25, 0.3) is 0 Å². The molecule has 0 spiro atoms. The molecule has 0 aromatic rings.